The topological polar surface area (TPSA) is 740 Å². The molecule has 0 saturated heterocycles. The zero-order chi connectivity index (χ0) is 46.9. The van der Waals surface area contributed by atoms with E-state index in [0.717, 1.165) is 0 Å². The Hall–Kier alpha value is -7.29. The second-order valence-electron chi connectivity index (χ2n) is 5.54. The Morgan fingerprint density at radius 1 is 0.224 bits per heavy atom. The van der Waals surface area contributed by atoms with Gasteiger partial charge in [0.15, 0.2) is 47.8 Å². The number of carbonyl (C=O) groups excluding carboxylic acids is 16. The van der Waals surface area contributed by atoms with Gasteiger partial charge in [0, 0.05) is 0 Å². The monoisotopic (exact) mass is 1000 g/mol. The van der Waals surface area contributed by atoms with Crippen LogP contribution in [0.2, 0.25) is 0 Å². The van der Waals surface area contributed by atoms with E-state index in [9.17, 15) is 118 Å². The molecule has 0 amide bonds. The van der Waals surface area contributed by atoms with E-state index in [2.05, 4.69) is 85.9 Å². The molecule has 0 aliphatic heterocycles. The van der Waals surface area contributed by atoms with E-state index >= 15 is 0 Å². The van der Waals surface area contributed by atoms with Gasteiger partial charge in [-0.25, -0.2) is 38.4 Å². The first-order chi connectivity index (χ1) is 25.4. The summed E-state index contributed by atoms with van der Waals surface area (Å²) in [7, 11) is 0. The van der Waals surface area contributed by atoms with Crippen LogP contribution in [0.15, 0.2) is 0 Å². The maximum atomic E-state index is 9.50. The van der Waals surface area contributed by atoms with Gasteiger partial charge in [-0.1, -0.05) is 0 Å². The molecule has 0 aliphatic carbocycles. The quantitative estimate of drug-likeness (QED) is 0.0634. The van der Waals surface area contributed by atoms with Crippen LogP contribution in [0.5, 0.6) is 0 Å². The largest absolute Gasteiger partial charge is 4.00 e. The van der Waals surface area contributed by atoms with Crippen molar-refractivity contribution < 1.29 is 178 Å². The molecule has 0 aromatic heterocycles. The molecule has 0 fully saturated rings. The molecule has 0 bridgehead atoms. The van der Waals surface area contributed by atoms with Crippen LogP contribution >= 0.6 is 0 Å². The summed E-state index contributed by atoms with van der Waals surface area (Å²) in [5.41, 5.74) is 0. The summed E-state index contributed by atoms with van der Waals surface area (Å²) in [4.78, 5) is 176. The maximum absolute atomic E-state index is 9.50. The van der Waals surface area contributed by atoms with Crippen LogP contribution in [0.1, 0.15) is 0 Å². The third-order valence-corrected chi connectivity index (χ3v) is 2.19. The third kappa shape index (κ3) is 66.9. The van der Waals surface area contributed by atoms with Crippen LogP contribution in [0, 0.1) is 0 Å². The summed E-state index contributed by atoms with van der Waals surface area (Å²) in [6.07, 6.45) is 0. The summed E-state index contributed by atoms with van der Waals surface area (Å²) in [5, 5.41) is 74.1. The van der Waals surface area contributed by atoms with Crippen molar-refractivity contribution in [1.29, 1.82) is 0 Å². The second kappa shape index (κ2) is 49.7. The summed E-state index contributed by atoms with van der Waals surface area (Å²) < 4.78 is 0. The minimum atomic E-state index is -1.94. The van der Waals surface area contributed by atoms with Gasteiger partial charge in [0.2, 0.25) is 0 Å². The van der Waals surface area contributed by atoms with Gasteiger partial charge in [-0.2, -0.15) is 47.2 Å². The second-order valence-corrected chi connectivity index (χ2v) is 5.54. The Labute approximate surface area is 344 Å². The maximum Gasteiger partial charge on any atom is 4.00 e. The van der Waals surface area contributed by atoms with Crippen molar-refractivity contribution >= 4 is 119 Å². The van der Waals surface area contributed by atoms with Crippen LogP contribution in [-0.2, 0) is 137 Å². The summed E-state index contributed by atoms with van der Waals surface area (Å²) in [5.74, 6) is 4.73. The molecule has 0 rings (SSSR count). The first-order valence-corrected chi connectivity index (χ1v) is 10.4. The van der Waals surface area contributed by atoms with Crippen LogP contribution in [0.25, 0.3) is 0 Å². The van der Waals surface area contributed by atoms with Gasteiger partial charge < -0.3 is 118 Å². The van der Waals surface area contributed by atoms with E-state index in [4.69, 9.17) is 0 Å². The summed E-state index contributed by atoms with van der Waals surface area (Å²) in [6.45, 7) is 0. The zero-order valence-electron chi connectivity index (χ0n) is 26.7. The van der Waals surface area contributed by atoms with Crippen LogP contribution in [-0.4, -0.2) is 119 Å². The average molecular weight is 999 g/mol. The van der Waals surface area contributed by atoms with Gasteiger partial charge in [-0.15, -0.1) is 0 Å². The molecule has 0 spiro atoms. The summed E-state index contributed by atoms with van der Waals surface area (Å²) in [6, 6.07) is 0. The SMILES string of the molecule is NOC(=O)C(=O)[O-].NOC(=O)C(=O)[O-].NOC(=O)C(=O)[O-].NOC(=O)C(=O)[O-].NOC(=O)C(=O)[O-].NOC(=O)C(=O)[O-].NOC(=O)C(=O)[O-].NOC(=O)C(=O)[O-].[Sn+4].[Ti+4]. The average Bonchev–Trinajstić information content (AvgIpc) is 3.16. The molecule has 0 saturated carbocycles. The van der Waals surface area contributed by atoms with Gasteiger partial charge >= 0.3 is 93.4 Å². The first kappa shape index (κ1) is 75.6. The fourth-order valence-corrected chi connectivity index (χ4v) is 0.385. The molecule has 0 aliphatic rings. The van der Waals surface area contributed by atoms with Gasteiger partial charge in [0.1, 0.15) is 0 Å². The van der Waals surface area contributed by atoms with E-state index in [1.807, 2.05) is 0 Å². The fourth-order valence-electron chi connectivity index (χ4n) is 0.385. The van der Waals surface area contributed by atoms with E-state index in [1.165, 1.54) is 0 Å². The molecule has 0 aromatic rings. The number of aliphatic carboxylic acids is 8. The van der Waals surface area contributed by atoms with Crippen LogP contribution in [0.4, 0.5) is 0 Å². The molecule has 58 heavy (non-hydrogen) atoms. The first-order valence-electron chi connectivity index (χ1n) is 10.4. The van der Waals surface area contributed by atoms with E-state index in [0.29, 0.717) is 0 Å². The smallest absolute Gasteiger partial charge is 0.539 e. The van der Waals surface area contributed by atoms with E-state index in [1.54, 1.807) is 0 Å². The van der Waals surface area contributed by atoms with E-state index in [-0.39, 0.29) is 45.6 Å². The number of nitrogens with two attached hydrogens (primary N) is 8. The number of hydrogen-bond donors (Lipinski definition) is 8. The molecule has 0 unspecified atom stereocenters. The predicted molar refractivity (Wildman–Crippen MR) is 128 cm³/mol. The molecule has 40 nitrogen and oxygen atoms in total. The van der Waals surface area contributed by atoms with Gasteiger partial charge in [-0.3, -0.25) is 0 Å². The van der Waals surface area contributed by atoms with Crippen molar-refractivity contribution in [2.75, 3.05) is 0 Å². The number of carboxylic acid groups (broad SMARTS) is 8. The van der Waals surface area contributed by atoms with Crippen molar-refractivity contribution in [2.24, 2.45) is 47.2 Å². The minimum Gasteiger partial charge on any atom is -0.539 e. The van der Waals surface area contributed by atoms with Crippen molar-refractivity contribution in [3.63, 3.8) is 0 Å². The zero-order valence-corrected chi connectivity index (χ0v) is 31.1. The molecule has 320 valence electrons. The molecule has 0 heterocycles. The molecular formula is C16H16N8O32SnTi. The third-order valence-electron chi connectivity index (χ3n) is 2.19. The van der Waals surface area contributed by atoms with E-state index < -0.39 is 95.5 Å². The van der Waals surface area contributed by atoms with Gasteiger partial charge in [0.05, 0.1) is 0 Å². The van der Waals surface area contributed by atoms with Crippen molar-refractivity contribution in [3.05, 3.63) is 0 Å². The summed E-state index contributed by atoms with van der Waals surface area (Å²) >= 11 is 0. The van der Waals surface area contributed by atoms with Crippen LogP contribution in [0.3, 0.4) is 0 Å². The Morgan fingerprint density at radius 2 is 0.276 bits per heavy atom. The molecule has 42 heteroatoms. The minimum absolute atomic E-state index is 0. The van der Waals surface area contributed by atoms with Crippen molar-refractivity contribution in [2.45, 2.75) is 0 Å². The molecule has 0 atom stereocenters. The Kier molecular flexibility index (Phi) is 64.8. The number of hydrogen-bond acceptors (Lipinski definition) is 40. The van der Waals surface area contributed by atoms with Crippen molar-refractivity contribution in [3.8, 4) is 0 Å². The normalized spacial score (nSPS) is 7.31. The van der Waals surface area contributed by atoms with Gasteiger partial charge in [-0.05, 0) is 0 Å². The van der Waals surface area contributed by atoms with Gasteiger partial charge in [0.25, 0.3) is 0 Å². The Morgan fingerprint density at radius 3 is 0.276 bits per heavy atom. The predicted octanol–water partition coefficient (Wildman–Crippen LogP) is -23.2. The molecular weight excluding hydrogens is 983 g/mol. The molecule has 0 aromatic carbocycles. The number of rotatable bonds is 0. The molecule has 16 N–H and O–H groups in total. The Bertz CT molecular complexity index is 1110. The standard InChI is InChI=1S/8C2H3NO4.Sn.Ti/c8*3-7-2(6)1(4)5;;/h8*3H2,(H,4,5);;/q;;;;;;;;2*+4/p-8. The number of carbonyl (C=O) groups is 16. The van der Waals surface area contributed by atoms with Crippen LogP contribution < -0.4 is 88.0 Å². The number of carboxylic acids is 8. The van der Waals surface area contributed by atoms with Crippen molar-refractivity contribution in [1.82, 2.24) is 0 Å². The molecule has 0 radical (unpaired) electrons. The fraction of sp³-hybridized carbons (Fsp3) is 0. The Balaban J connectivity index is -0.0000000565.